The Labute approximate surface area is 189 Å². The zero-order valence-corrected chi connectivity index (χ0v) is 20.6. The van der Waals surface area contributed by atoms with Gasteiger partial charge in [-0.2, -0.15) is 10.2 Å². The maximum atomic E-state index is 10.4. The Kier molecular flexibility index (Phi) is 5.23. The first-order chi connectivity index (χ1) is 14.5. The van der Waals surface area contributed by atoms with Crippen molar-refractivity contribution in [3.05, 3.63) is 0 Å². The molecule has 0 radical (unpaired) electrons. The van der Waals surface area contributed by atoms with Gasteiger partial charge in [0.1, 0.15) is 0 Å². The predicted octanol–water partition coefficient (Wildman–Crippen LogP) is 6.36. The third kappa shape index (κ3) is 3.54. The molecule has 9 atom stereocenters. The number of rotatable bonds is 5. The van der Waals surface area contributed by atoms with Crippen LogP contribution in [-0.2, 0) is 0 Å². The minimum atomic E-state index is -0.539. The minimum absolute atomic E-state index is 0.0999. The average Bonchev–Trinajstić information content (AvgIpc) is 3.35. The number of hydrogen-bond donors (Lipinski definition) is 2. The Morgan fingerprint density at radius 3 is 2.35 bits per heavy atom. The fourth-order valence-corrected chi connectivity index (χ4v) is 9.54. The Morgan fingerprint density at radius 2 is 1.68 bits per heavy atom. The maximum absolute atomic E-state index is 10.4. The van der Waals surface area contributed by atoms with Crippen LogP contribution in [0.2, 0.25) is 0 Å². The van der Waals surface area contributed by atoms with E-state index in [1.54, 1.807) is 0 Å². The van der Waals surface area contributed by atoms with Gasteiger partial charge < -0.3 is 10.2 Å². The van der Waals surface area contributed by atoms with Crippen molar-refractivity contribution >= 4 is 0 Å². The number of fused-ring (bicyclic) bond motifs is 6. The molecule has 176 valence electrons. The van der Waals surface area contributed by atoms with Crippen molar-refractivity contribution in [1.82, 2.24) is 0 Å². The normalized spacial score (nSPS) is 48.7. The Hall–Kier alpha value is -0.480. The third-order valence-corrected chi connectivity index (χ3v) is 11.3. The van der Waals surface area contributed by atoms with Gasteiger partial charge in [-0.1, -0.05) is 33.6 Å². The van der Waals surface area contributed by atoms with Gasteiger partial charge in [0.15, 0.2) is 5.66 Å². The SMILES string of the molecule is C[C@H](CCCC(C)(C)O)[C@H]1CC[C@H]2[C@H]3[C@H](CC[C@]12C)[C@@]1(C)CC[C@H](O)CC1CC31N=N1. The molecule has 31 heavy (non-hydrogen) atoms. The lowest BCUT2D eigenvalue weighted by atomic mass is 9.42. The van der Waals surface area contributed by atoms with E-state index in [2.05, 4.69) is 20.8 Å². The van der Waals surface area contributed by atoms with Gasteiger partial charge in [-0.05, 0) is 106 Å². The molecule has 0 aromatic rings. The largest absolute Gasteiger partial charge is 0.393 e. The standard InChI is InChI=1S/C27H46N2O2/c1-17(7-6-12-24(2,3)31)20-8-9-21-23-22(11-14-26(20,21)5)25(4)13-10-19(30)15-18(25)16-27(23)28-29-27/h17-23,30-31H,6-16H2,1-5H3/t17-,18?,19+,20-,21+,22+,23+,25+,26-/m1/s1. The van der Waals surface area contributed by atoms with Gasteiger partial charge in [0.05, 0.1) is 11.7 Å². The molecule has 4 heteroatoms. The number of aliphatic hydroxyl groups is 2. The molecule has 0 aromatic heterocycles. The van der Waals surface area contributed by atoms with Crippen molar-refractivity contribution in [2.75, 3.05) is 0 Å². The summed E-state index contributed by atoms with van der Waals surface area (Å²) in [5, 5.41) is 30.1. The molecule has 4 saturated carbocycles. The molecule has 2 N–H and O–H groups in total. The van der Waals surface area contributed by atoms with Crippen LogP contribution in [0.5, 0.6) is 0 Å². The Balaban J connectivity index is 1.35. The third-order valence-electron chi connectivity index (χ3n) is 11.3. The lowest BCUT2D eigenvalue weighted by molar-refractivity contribution is -0.146. The summed E-state index contributed by atoms with van der Waals surface area (Å²) in [6.07, 6.45) is 12.8. The van der Waals surface area contributed by atoms with Gasteiger partial charge in [-0.15, -0.1) is 0 Å². The molecular weight excluding hydrogens is 384 g/mol. The zero-order chi connectivity index (χ0) is 22.2. The molecule has 1 spiro atoms. The molecule has 4 fully saturated rings. The molecular formula is C27H46N2O2. The summed E-state index contributed by atoms with van der Waals surface area (Å²) in [5.74, 6) is 4.25. The van der Waals surface area contributed by atoms with E-state index in [-0.39, 0.29) is 11.8 Å². The second kappa shape index (κ2) is 7.26. The molecule has 4 nitrogen and oxygen atoms in total. The molecule has 1 unspecified atom stereocenters. The first kappa shape index (κ1) is 22.3. The van der Waals surface area contributed by atoms with Gasteiger partial charge in [0, 0.05) is 12.3 Å². The molecule has 0 aromatic carbocycles. The minimum Gasteiger partial charge on any atom is -0.393 e. The fourth-order valence-electron chi connectivity index (χ4n) is 9.54. The van der Waals surface area contributed by atoms with Crippen molar-refractivity contribution < 1.29 is 10.2 Å². The summed E-state index contributed by atoms with van der Waals surface area (Å²) in [7, 11) is 0. The van der Waals surface area contributed by atoms with Crippen LogP contribution in [0.4, 0.5) is 0 Å². The van der Waals surface area contributed by atoms with Crippen LogP contribution in [0.15, 0.2) is 10.2 Å². The summed E-state index contributed by atoms with van der Waals surface area (Å²) in [6, 6.07) is 0. The van der Waals surface area contributed by atoms with Crippen LogP contribution < -0.4 is 0 Å². The van der Waals surface area contributed by atoms with Crippen molar-refractivity contribution in [3.63, 3.8) is 0 Å². The van der Waals surface area contributed by atoms with Crippen LogP contribution in [0.3, 0.4) is 0 Å². The highest BCUT2D eigenvalue weighted by atomic mass is 16.3. The molecule has 0 amide bonds. The quantitative estimate of drug-likeness (QED) is 0.533. The topological polar surface area (TPSA) is 65.2 Å². The van der Waals surface area contributed by atoms with E-state index in [4.69, 9.17) is 10.2 Å². The van der Waals surface area contributed by atoms with Crippen LogP contribution in [0, 0.1) is 46.3 Å². The monoisotopic (exact) mass is 430 g/mol. The van der Waals surface area contributed by atoms with Gasteiger partial charge in [-0.25, -0.2) is 0 Å². The number of aliphatic hydroxyl groups excluding tert-OH is 1. The molecule has 4 aliphatic carbocycles. The molecule has 5 aliphatic rings. The van der Waals surface area contributed by atoms with E-state index in [1.165, 1.54) is 38.5 Å². The van der Waals surface area contributed by atoms with E-state index in [0.29, 0.717) is 22.7 Å². The van der Waals surface area contributed by atoms with Gasteiger partial charge >= 0.3 is 0 Å². The molecule has 5 rings (SSSR count). The van der Waals surface area contributed by atoms with E-state index >= 15 is 0 Å². The van der Waals surface area contributed by atoms with E-state index in [1.807, 2.05) is 13.8 Å². The van der Waals surface area contributed by atoms with E-state index in [0.717, 1.165) is 55.8 Å². The second-order valence-corrected chi connectivity index (χ2v) is 13.6. The lowest BCUT2D eigenvalue weighted by Gasteiger charge is -2.62. The predicted molar refractivity (Wildman–Crippen MR) is 124 cm³/mol. The van der Waals surface area contributed by atoms with Crippen molar-refractivity contribution in [3.8, 4) is 0 Å². The second-order valence-electron chi connectivity index (χ2n) is 13.6. The molecule has 0 bridgehead atoms. The highest BCUT2D eigenvalue weighted by Crippen LogP contribution is 2.72. The fraction of sp³-hybridized carbons (Fsp3) is 1.00. The number of hydrogen-bond acceptors (Lipinski definition) is 4. The molecule has 1 heterocycles. The molecule has 0 saturated heterocycles. The molecule has 1 aliphatic heterocycles. The van der Waals surface area contributed by atoms with Gasteiger partial charge in [-0.3, -0.25) is 0 Å². The van der Waals surface area contributed by atoms with Crippen LogP contribution in [0.1, 0.15) is 105 Å². The van der Waals surface area contributed by atoms with E-state index in [9.17, 15) is 10.2 Å². The van der Waals surface area contributed by atoms with E-state index < -0.39 is 5.60 Å². The zero-order valence-electron chi connectivity index (χ0n) is 20.6. The smallest absolute Gasteiger partial charge is 0.194 e. The Bertz CT molecular complexity index is 723. The summed E-state index contributed by atoms with van der Waals surface area (Å²) in [6.45, 7) is 11.5. The summed E-state index contributed by atoms with van der Waals surface area (Å²) in [5.41, 5.74) is 0.161. The summed E-state index contributed by atoms with van der Waals surface area (Å²) in [4.78, 5) is 0. The van der Waals surface area contributed by atoms with Crippen molar-refractivity contribution in [2.45, 2.75) is 123 Å². The summed E-state index contributed by atoms with van der Waals surface area (Å²) < 4.78 is 0. The van der Waals surface area contributed by atoms with Gasteiger partial charge in [0.25, 0.3) is 0 Å². The Morgan fingerprint density at radius 1 is 1.00 bits per heavy atom. The van der Waals surface area contributed by atoms with Crippen molar-refractivity contribution in [2.24, 2.45) is 56.6 Å². The first-order valence-corrected chi connectivity index (χ1v) is 13.3. The highest BCUT2D eigenvalue weighted by Gasteiger charge is 2.70. The summed E-state index contributed by atoms with van der Waals surface area (Å²) >= 11 is 0. The van der Waals surface area contributed by atoms with Crippen LogP contribution >= 0.6 is 0 Å². The van der Waals surface area contributed by atoms with Crippen LogP contribution in [0.25, 0.3) is 0 Å². The first-order valence-electron chi connectivity index (χ1n) is 13.3. The van der Waals surface area contributed by atoms with Crippen LogP contribution in [-0.4, -0.2) is 27.6 Å². The van der Waals surface area contributed by atoms with Gasteiger partial charge in [0.2, 0.25) is 0 Å². The maximum Gasteiger partial charge on any atom is 0.194 e. The number of nitrogens with zero attached hydrogens (tertiary/aromatic N) is 2. The highest BCUT2D eigenvalue weighted by molar-refractivity contribution is 5.19. The average molecular weight is 431 g/mol. The lowest BCUT2D eigenvalue weighted by Crippen LogP contribution is -2.60. The van der Waals surface area contributed by atoms with Crippen molar-refractivity contribution in [1.29, 1.82) is 0 Å².